The highest BCUT2D eigenvalue weighted by Crippen LogP contribution is 2.55. The lowest BCUT2D eigenvalue weighted by molar-refractivity contribution is -0.384. The van der Waals surface area contributed by atoms with E-state index in [4.69, 9.17) is 14.2 Å². The van der Waals surface area contributed by atoms with Gasteiger partial charge in [-0.1, -0.05) is 38.1 Å². The van der Waals surface area contributed by atoms with Crippen molar-refractivity contribution in [2.24, 2.45) is 11.3 Å². The van der Waals surface area contributed by atoms with Crippen molar-refractivity contribution in [2.75, 3.05) is 55.9 Å². The van der Waals surface area contributed by atoms with Crippen LogP contribution in [0.5, 0.6) is 23.1 Å². The molecule has 3 atom stereocenters. The van der Waals surface area contributed by atoms with E-state index in [0.29, 0.717) is 67.7 Å². The number of carbonyl (C=O) groups is 1. The van der Waals surface area contributed by atoms with Crippen molar-refractivity contribution in [3.63, 3.8) is 0 Å². The fourth-order valence-electron chi connectivity index (χ4n) is 12.8. The number of ether oxygens (including phenoxy) is 3. The zero-order valence-corrected chi connectivity index (χ0v) is 45.1. The first-order chi connectivity index (χ1) is 36.2. The molecule has 1 spiro atoms. The molecule has 3 saturated heterocycles. The second kappa shape index (κ2) is 20.1. The van der Waals surface area contributed by atoms with Crippen LogP contribution in [0, 0.1) is 21.4 Å². The Balaban J connectivity index is 0.850. The number of fused-ring (bicyclic) bond motifs is 2. The number of nitrogens with zero attached hydrogens (tertiary/aromatic N) is 5. The number of rotatable bonds is 15. The van der Waals surface area contributed by atoms with Crippen molar-refractivity contribution in [2.45, 2.75) is 132 Å². The van der Waals surface area contributed by atoms with E-state index in [1.807, 2.05) is 0 Å². The summed E-state index contributed by atoms with van der Waals surface area (Å²) in [6.07, 6.45) is 12.6. The molecule has 0 bridgehead atoms. The molecule has 4 N–H and O–H groups in total. The van der Waals surface area contributed by atoms with E-state index in [2.05, 4.69) is 67.9 Å². The fourth-order valence-corrected chi connectivity index (χ4v) is 15.0. The number of aromatic nitrogens is 2. The number of hydrogen-bond donors (Lipinski definition) is 4. The number of benzene rings is 3. The van der Waals surface area contributed by atoms with E-state index in [1.54, 1.807) is 37.4 Å². The second-order valence-electron chi connectivity index (χ2n) is 22.7. The zero-order chi connectivity index (χ0) is 53.3. The number of pyridine rings is 1. The summed E-state index contributed by atoms with van der Waals surface area (Å²) in [6, 6.07) is 19.7. The predicted molar refractivity (Wildman–Crippen MR) is 287 cm³/mol. The molecule has 4 aliphatic heterocycles. The Hall–Kier alpha value is -6.00. The molecule has 2 aromatic heterocycles. The summed E-state index contributed by atoms with van der Waals surface area (Å²) in [6.45, 7) is 9.43. The highest BCUT2D eigenvalue weighted by molar-refractivity contribution is 7.90. The van der Waals surface area contributed by atoms with Crippen LogP contribution in [0.25, 0.3) is 11.0 Å². The van der Waals surface area contributed by atoms with E-state index in [9.17, 15) is 36.9 Å². The highest BCUT2D eigenvalue weighted by Gasteiger charge is 2.50. The number of likely N-dealkylation sites (tertiary alicyclic amines) is 1. The van der Waals surface area contributed by atoms with Gasteiger partial charge in [-0.05, 0) is 137 Å². The number of anilines is 2. The van der Waals surface area contributed by atoms with Crippen LogP contribution in [0.4, 0.5) is 17.1 Å². The lowest BCUT2D eigenvalue weighted by atomic mass is 9.59. The Labute approximate surface area is 443 Å². The van der Waals surface area contributed by atoms with Gasteiger partial charge < -0.3 is 34.5 Å². The number of H-pyrrole nitrogens is 1. The molecule has 2 aliphatic carbocycles. The average Bonchev–Trinajstić information content (AvgIpc) is 4.10. The molecule has 0 unspecified atom stereocenters. The van der Waals surface area contributed by atoms with Gasteiger partial charge in [-0.2, -0.15) is 9.29 Å². The van der Waals surface area contributed by atoms with Gasteiger partial charge in [-0.3, -0.25) is 19.8 Å². The van der Waals surface area contributed by atoms with Crippen molar-refractivity contribution in [3.05, 3.63) is 99.7 Å². The number of aromatic amines is 1. The third kappa shape index (κ3) is 10.3. The molecule has 76 heavy (non-hydrogen) atoms. The fraction of sp³-hybridized carbons (Fsp3) is 0.527. The van der Waals surface area contributed by atoms with Gasteiger partial charge in [-0.25, -0.2) is 21.6 Å². The number of nitro benzene ring substituents is 1. The first-order valence-corrected chi connectivity index (χ1v) is 30.1. The van der Waals surface area contributed by atoms with Crippen LogP contribution in [-0.2, 0) is 20.0 Å². The van der Waals surface area contributed by atoms with Crippen LogP contribution in [0.3, 0.4) is 0 Å². The van der Waals surface area contributed by atoms with Crippen LogP contribution in [0.15, 0.2) is 77.8 Å². The summed E-state index contributed by atoms with van der Waals surface area (Å²) < 4.78 is 75.7. The molecule has 21 heteroatoms. The predicted octanol–water partition coefficient (Wildman–Crippen LogP) is 8.62. The standard InChI is InChI=1S/C55H68N8O11S2/c1-34(2)41-8-5-6-9-42(41)45-10-7-22-61(45)39-30-55(31-39)19-24-60(25-20-55)37-11-12-43(47(27-37)74-49-26-36-15-21-56-51(36)58-53(49)73-32-38-16-23-62(38)75(4,68)69)52(64)59-76(70,71)40-28-46(63(66)67)50-48(29-40)72-33-44(57-50)35-13-17-54(3,65)18-14-35/h5-6,8-9,11-12,15,21,26-29,34-35,38-39,44-45,57,65H,7,10,13-14,16-20,22-25,30-33H2,1-4H3,(H,56,58)(H,59,64)/t35?,38-,44+,45+,54?/m0/s1. The largest absolute Gasteiger partial charge is 0.489 e. The van der Waals surface area contributed by atoms with Crippen molar-refractivity contribution < 1.29 is 45.9 Å². The zero-order valence-electron chi connectivity index (χ0n) is 43.5. The molecule has 6 heterocycles. The first-order valence-electron chi connectivity index (χ1n) is 26.7. The van der Waals surface area contributed by atoms with Crippen LogP contribution < -0.4 is 29.1 Å². The molecule has 5 aromatic rings. The van der Waals surface area contributed by atoms with Gasteiger partial charge in [0.1, 0.15) is 24.6 Å². The second-order valence-corrected chi connectivity index (χ2v) is 26.4. The lowest BCUT2D eigenvalue weighted by Crippen LogP contribution is -2.54. The van der Waals surface area contributed by atoms with Gasteiger partial charge in [0, 0.05) is 67.2 Å². The van der Waals surface area contributed by atoms with E-state index in [0.717, 1.165) is 63.3 Å². The maximum Gasteiger partial charge on any atom is 0.297 e. The molecule has 2 saturated carbocycles. The molecule has 11 rings (SSSR count). The molecule has 19 nitrogen and oxygen atoms in total. The van der Waals surface area contributed by atoms with Gasteiger partial charge >= 0.3 is 0 Å². The molecule has 0 radical (unpaired) electrons. The molecule has 1 amide bonds. The van der Waals surface area contributed by atoms with Crippen LogP contribution in [0.1, 0.15) is 125 Å². The number of sulfonamides is 2. The Bertz CT molecular complexity index is 3270. The molecule has 5 fully saturated rings. The van der Waals surface area contributed by atoms with Crippen LogP contribution in [-0.4, -0.2) is 121 Å². The number of nitro groups is 1. The number of piperidine rings is 1. The Morgan fingerprint density at radius 1 is 0.961 bits per heavy atom. The topological polar surface area (TPSA) is 239 Å². The molecule has 3 aromatic carbocycles. The van der Waals surface area contributed by atoms with E-state index >= 15 is 0 Å². The van der Waals surface area contributed by atoms with E-state index in [-0.39, 0.29) is 65.0 Å². The number of nitrogens with one attached hydrogen (secondary N) is 3. The van der Waals surface area contributed by atoms with Crippen molar-refractivity contribution in [1.82, 2.24) is 23.9 Å². The van der Waals surface area contributed by atoms with E-state index in [1.165, 1.54) is 40.4 Å². The van der Waals surface area contributed by atoms with Gasteiger partial charge in [0.05, 0.1) is 39.3 Å². The molecular formula is C55H68N8O11S2. The normalized spacial score (nSPS) is 25.1. The average molecular weight is 1080 g/mol. The summed E-state index contributed by atoms with van der Waals surface area (Å²) in [7, 11) is -8.25. The SMILES string of the molecule is CC(C)c1ccccc1[C@H]1CCCN1C1CC2(CCN(c3ccc(C(=O)NS(=O)(=O)c4cc5c(c([N+](=O)[O-])c4)N[C@@H](C4CCC(C)(O)CC4)CO5)c(Oc4cc5cc[nH]c5nc4OC[C@@H]4CCN4S(C)(=O)=O)c3)CC2)C1. The Morgan fingerprint density at radius 2 is 1.72 bits per heavy atom. The highest BCUT2D eigenvalue weighted by atomic mass is 32.2. The molecule has 406 valence electrons. The maximum absolute atomic E-state index is 14.5. The smallest absolute Gasteiger partial charge is 0.297 e. The summed E-state index contributed by atoms with van der Waals surface area (Å²) in [5.41, 5.74) is 2.96. The van der Waals surface area contributed by atoms with Crippen LogP contribution >= 0.6 is 0 Å². The summed E-state index contributed by atoms with van der Waals surface area (Å²) in [5.74, 6) is -0.430. The summed E-state index contributed by atoms with van der Waals surface area (Å²) >= 11 is 0. The van der Waals surface area contributed by atoms with Gasteiger partial charge in [0.2, 0.25) is 10.0 Å². The lowest BCUT2D eigenvalue weighted by Gasteiger charge is -2.56. The minimum Gasteiger partial charge on any atom is -0.489 e. The summed E-state index contributed by atoms with van der Waals surface area (Å²) in [4.78, 5) is 38.6. The summed E-state index contributed by atoms with van der Waals surface area (Å²) in [5, 5.41) is 26.9. The number of carbonyl (C=O) groups excluding carboxylic acids is 1. The Morgan fingerprint density at radius 3 is 2.43 bits per heavy atom. The van der Waals surface area contributed by atoms with Crippen LogP contribution in [0.2, 0.25) is 0 Å². The van der Waals surface area contributed by atoms with Crippen molar-refractivity contribution in [1.29, 1.82) is 0 Å². The minimum absolute atomic E-state index is 0.00175. The number of amides is 1. The third-order valence-electron chi connectivity index (χ3n) is 17.3. The molecular weight excluding hydrogens is 1010 g/mol. The quantitative estimate of drug-likeness (QED) is 0.0567. The van der Waals surface area contributed by atoms with Gasteiger partial charge in [0.25, 0.3) is 27.5 Å². The maximum atomic E-state index is 14.5. The third-order valence-corrected chi connectivity index (χ3v) is 19.9. The van der Waals surface area contributed by atoms with Gasteiger partial charge in [0.15, 0.2) is 17.2 Å². The Kier molecular flexibility index (Phi) is 13.8. The van der Waals surface area contributed by atoms with Crippen molar-refractivity contribution >= 4 is 54.0 Å². The van der Waals surface area contributed by atoms with Gasteiger partial charge in [-0.15, -0.1) is 0 Å². The first kappa shape index (κ1) is 52.1. The molecule has 6 aliphatic rings. The number of hydrogen-bond acceptors (Lipinski definition) is 15. The van der Waals surface area contributed by atoms with E-state index < -0.39 is 53.1 Å². The minimum atomic E-state index is -4.78. The number of aliphatic hydroxyl groups is 1. The monoisotopic (exact) mass is 1080 g/mol. The van der Waals surface area contributed by atoms with Crippen molar-refractivity contribution in [3.8, 4) is 23.1 Å².